The Morgan fingerprint density at radius 1 is 1.36 bits per heavy atom. The maximum Gasteiger partial charge on any atom is 0.0375 e. The highest BCUT2D eigenvalue weighted by Crippen LogP contribution is 2.37. The molecule has 1 atom stereocenters. The molecule has 0 radical (unpaired) electrons. The molecular formula is C8H18N2S. The van der Waals surface area contributed by atoms with Crippen LogP contribution in [-0.4, -0.2) is 23.6 Å². The third-order valence-corrected chi connectivity index (χ3v) is 3.88. The van der Waals surface area contributed by atoms with E-state index in [1.165, 1.54) is 5.75 Å². The first kappa shape index (κ1) is 9.36. The highest BCUT2D eigenvalue weighted by molar-refractivity contribution is 7.99. The third kappa shape index (κ3) is 2.36. The van der Waals surface area contributed by atoms with Crippen LogP contribution in [0.2, 0.25) is 0 Å². The summed E-state index contributed by atoms with van der Waals surface area (Å²) in [6, 6.07) is 0. The number of rotatable bonds is 1. The number of thioether (sulfide) groups is 1. The van der Waals surface area contributed by atoms with E-state index < -0.39 is 0 Å². The van der Waals surface area contributed by atoms with Crippen LogP contribution >= 0.6 is 11.8 Å². The predicted molar refractivity (Wildman–Crippen MR) is 51.7 cm³/mol. The van der Waals surface area contributed by atoms with Gasteiger partial charge in [-0.1, -0.05) is 13.8 Å². The van der Waals surface area contributed by atoms with E-state index in [0.29, 0.717) is 12.0 Å². The van der Waals surface area contributed by atoms with Crippen LogP contribution in [0.25, 0.3) is 0 Å². The summed E-state index contributed by atoms with van der Waals surface area (Å²) in [6.45, 7) is 5.14. The molecule has 0 bridgehead atoms. The van der Waals surface area contributed by atoms with E-state index >= 15 is 0 Å². The van der Waals surface area contributed by atoms with E-state index in [9.17, 15) is 0 Å². The Kier molecular flexibility index (Phi) is 2.52. The largest absolute Gasteiger partial charge is 0.329 e. The molecule has 4 N–H and O–H groups in total. The first-order chi connectivity index (χ1) is 4.97. The average Bonchev–Trinajstić information content (AvgIpc) is 1.85. The van der Waals surface area contributed by atoms with Gasteiger partial charge in [-0.2, -0.15) is 11.8 Å². The summed E-state index contributed by atoms with van der Waals surface area (Å²) in [7, 11) is 0. The molecule has 1 fully saturated rings. The summed E-state index contributed by atoms with van der Waals surface area (Å²) in [5, 5.41) is 0. The first-order valence-electron chi connectivity index (χ1n) is 4.04. The Bertz CT molecular complexity index is 147. The molecule has 0 amide bonds. The SMILES string of the molecule is CC1(C)CSCC(N)(CN)C1. The van der Waals surface area contributed by atoms with Gasteiger partial charge in [-0.05, 0) is 17.6 Å². The number of hydrogen-bond donors (Lipinski definition) is 2. The van der Waals surface area contributed by atoms with Gasteiger partial charge in [0.15, 0.2) is 0 Å². The molecule has 0 aromatic rings. The minimum atomic E-state index is -0.105. The lowest BCUT2D eigenvalue weighted by molar-refractivity contribution is 0.273. The summed E-state index contributed by atoms with van der Waals surface area (Å²) in [5.41, 5.74) is 12.0. The molecule has 0 aromatic carbocycles. The molecule has 0 aromatic heterocycles. The molecule has 0 aliphatic carbocycles. The van der Waals surface area contributed by atoms with Gasteiger partial charge >= 0.3 is 0 Å². The predicted octanol–water partition coefficient (Wildman–Crippen LogP) is 0.806. The van der Waals surface area contributed by atoms with Crippen LogP contribution < -0.4 is 11.5 Å². The van der Waals surface area contributed by atoms with Crippen molar-refractivity contribution < 1.29 is 0 Å². The van der Waals surface area contributed by atoms with Crippen LogP contribution in [-0.2, 0) is 0 Å². The monoisotopic (exact) mass is 174 g/mol. The zero-order valence-corrected chi connectivity index (χ0v) is 8.21. The van der Waals surface area contributed by atoms with E-state index in [2.05, 4.69) is 13.8 Å². The smallest absolute Gasteiger partial charge is 0.0375 e. The van der Waals surface area contributed by atoms with E-state index in [0.717, 1.165) is 12.2 Å². The Morgan fingerprint density at radius 3 is 2.36 bits per heavy atom. The van der Waals surface area contributed by atoms with Gasteiger partial charge in [0.2, 0.25) is 0 Å². The molecule has 1 heterocycles. The lowest BCUT2D eigenvalue weighted by Gasteiger charge is -2.41. The van der Waals surface area contributed by atoms with Crippen molar-refractivity contribution in [2.75, 3.05) is 18.1 Å². The molecule has 0 spiro atoms. The molecule has 1 rings (SSSR count). The summed E-state index contributed by atoms with van der Waals surface area (Å²) in [5.74, 6) is 2.24. The standard InChI is InChI=1S/C8H18N2S/c1-7(2)3-8(10,4-9)6-11-5-7/h3-6,9-10H2,1-2H3. The van der Waals surface area contributed by atoms with Gasteiger partial charge in [-0.15, -0.1) is 0 Å². The van der Waals surface area contributed by atoms with Crippen molar-refractivity contribution in [3.63, 3.8) is 0 Å². The molecule has 1 aliphatic heterocycles. The van der Waals surface area contributed by atoms with Gasteiger partial charge in [0.1, 0.15) is 0 Å². The van der Waals surface area contributed by atoms with Gasteiger partial charge in [-0.3, -0.25) is 0 Å². The maximum atomic E-state index is 6.09. The Hall–Kier alpha value is 0.270. The minimum absolute atomic E-state index is 0.105. The zero-order valence-electron chi connectivity index (χ0n) is 7.39. The highest BCUT2D eigenvalue weighted by Gasteiger charge is 2.36. The molecule has 2 nitrogen and oxygen atoms in total. The van der Waals surface area contributed by atoms with Crippen molar-refractivity contribution in [3.05, 3.63) is 0 Å². The van der Waals surface area contributed by atoms with Crippen LogP contribution in [0.4, 0.5) is 0 Å². The summed E-state index contributed by atoms with van der Waals surface area (Å²) < 4.78 is 0. The average molecular weight is 174 g/mol. The molecule has 1 aliphatic rings. The van der Waals surface area contributed by atoms with Crippen LogP contribution in [0.3, 0.4) is 0 Å². The van der Waals surface area contributed by atoms with E-state index in [1.807, 2.05) is 11.8 Å². The summed E-state index contributed by atoms with van der Waals surface area (Å²) >= 11 is 1.93. The lowest BCUT2D eigenvalue weighted by atomic mass is 9.80. The maximum absolute atomic E-state index is 6.09. The highest BCUT2D eigenvalue weighted by atomic mass is 32.2. The normalized spacial score (nSPS) is 37.1. The minimum Gasteiger partial charge on any atom is -0.329 e. The Morgan fingerprint density at radius 2 is 2.00 bits per heavy atom. The van der Waals surface area contributed by atoms with Gasteiger partial charge in [0.25, 0.3) is 0 Å². The molecule has 11 heavy (non-hydrogen) atoms. The van der Waals surface area contributed by atoms with E-state index in [4.69, 9.17) is 11.5 Å². The number of hydrogen-bond acceptors (Lipinski definition) is 3. The fraction of sp³-hybridized carbons (Fsp3) is 1.00. The number of nitrogens with two attached hydrogens (primary N) is 2. The molecule has 66 valence electrons. The Balaban J connectivity index is 2.59. The van der Waals surface area contributed by atoms with Crippen molar-refractivity contribution in [2.24, 2.45) is 16.9 Å². The molecule has 1 saturated heterocycles. The van der Waals surface area contributed by atoms with Crippen LogP contribution in [0.5, 0.6) is 0 Å². The second kappa shape index (κ2) is 2.96. The third-order valence-electron chi connectivity index (χ3n) is 2.12. The molecule has 0 saturated carbocycles. The molecule has 1 unspecified atom stereocenters. The van der Waals surface area contributed by atoms with Crippen molar-refractivity contribution in [1.29, 1.82) is 0 Å². The fourth-order valence-electron chi connectivity index (χ4n) is 1.72. The van der Waals surface area contributed by atoms with Gasteiger partial charge in [0, 0.05) is 17.8 Å². The van der Waals surface area contributed by atoms with Crippen molar-refractivity contribution in [2.45, 2.75) is 25.8 Å². The van der Waals surface area contributed by atoms with Crippen LogP contribution in [0, 0.1) is 5.41 Å². The fourth-order valence-corrected chi connectivity index (χ4v) is 3.10. The Labute approximate surface area is 73.1 Å². The van der Waals surface area contributed by atoms with E-state index in [1.54, 1.807) is 0 Å². The summed E-state index contributed by atoms with van der Waals surface area (Å²) in [6.07, 6.45) is 1.06. The van der Waals surface area contributed by atoms with Crippen molar-refractivity contribution >= 4 is 11.8 Å². The quantitative estimate of drug-likeness (QED) is 0.618. The first-order valence-corrected chi connectivity index (χ1v) is 5.20. The summed E-state index contributed by atoms with van der Waals surface area (Å²) in [4.78, 5) is 0. The van der Waals surface area contributed by atoms with Gasteiger partial charge in [-0.25, -0.2) is 0 Å². The lowest BCUT2D eigenvalue weighted by Crippen LogP contribution is -2.54. The van der Waals surface area contributed by atoms with Crippen LogP contribution in [0.1, 0.15) is 20.3 Å². The van der Waals surface area contributed by atoms with Crippen molar-refractivity contribution in [1.82, 2.24) is 0 Å². The topological polar surface area (TPSA) is 52.0 Å². The second-order valence-corrected chi connectivity index (χ2v) is 5.39. The molecular weight excluding hydrogens is 156 g/mol. The second-order valence-electron chi connectivity index (χ2n) is 4.40. The van der Waals surface area contributed by atoms with Crippen LogP contribution in [0.15, 0.2) is 0 Å². The van der Waals surface area contributed by atoms with Crippen molar-refractivity contribution in [3.8, 4) is 0 Å². The van der Waals surface area contributed by atoms with E-state index in [-0.39, 0.29) is 5.54 Å². The zero-order chi connectivity index (χ0) is 8.54. The molecule has 3 heteroatoms. The van der Waals surface area contributed by atoms with Gasteiger partial charge in [0.05, 0.1) is 0 Å². The van der Waals surface area contributed by atoms with Gasteiger partial charge < -0.3 is 11.5 Å².